The molecule has 0 bridgehead atoms. The minimum atomic E-state index is -0.457. The number of anilines is 2. The predicted molar refractivity (Wildman–Crippen MR) is 107 cm³/mol. The maximum Gasteiger partial charge on any atom is 0.271 e. The summed E-state index contributed by atoms with van der Waals surface area (Å²) in [6.07, 6.45) is 1.43. The molecule has 6 nitrogen and oxygen atoms in total. The lowest BCUT2D eigenvalue weighted by atomic mass is 10.1. The van der Waals surface area contributed by atoms with E-state index in [-0.39, 0.29) is 11.5 Å². The first-order chi connectivity index (χ1) is 13.0. The summed E-state index contributed by atoms with van der Waals surface area (Å²) in [5.74, 6) is 0.204. The standard InChI is InChI=1S/C18H10BrFN4O2S/c19-14-6-5-12(24(25)26)7-15(14)23-17-16-13(8-27-18(16)22-9-21-17)10-1-3-11(20)4-2-10/h1-9H,(H,21,22,23). The summed E-state index contributed by atoms with van der Waals surface area (Å²) in [6.45, 7) is 0. The van der Waals surface area contributed by atoms with Gasteiger partial charge in [-0.2, -0.15) is 0 Å². The molecule has 9 heteroatoms. The van der Waals surface area contributed by atoms with E-state index in [9.17, 15) is 14.5 Å². The molecule has 0 saturated heterocycles. The maximum atomic E-state index is 13.3. The molecule has 0 unspecified atom stereocenters. The van der Waals surface area contributed by atoms with Gasteiger partial charge in [-0.15, -0.1) is 11.3 Å². The lowest BCUT2D eigenvalue weighted by Crippen LogP contribution is -1.98. The van der Waals surface area contributed by atoms with E-state index in [4.69, 9.17) is 0 Å². The van der Waals surface area contributed by atoms with Gasteiger partial charge in [-0.3, -0.25) is 10.1 Å². The Morgan fingerprint density at radius 2 is 1.93 bits per heavy atom. The van der Waals surface area contributed by atoms with Crippen LogP contribution in [0.1, 0.15) is 0 Å². The summed E-state index contributed by atoms with van der Waals surface area (Å²) in [5, 5.41) is 16.9. The van der Waals surface area contributed by atoms with Crippen LogP contribution in [-0.2, 0) is 0 Å². The molecule has 0 atom stereocenters. The minimum absolute atomic E-state index is 0.0323. The molecule has 4 rings (SSSR count). The fourth-order valence-electron chi connectivity index (χ4n) is 2.66. The third-order valence-electron chi connectivity index (χ3n) is 3.94. The second-order valence-corrected chi connectivity index (χ2v) is 7.32. The van der Waals surface area contributed by atoms with Crippen LogP contribution in [0.15, 0.2) is 58.6 Å². The van der Waals surface area contributed by atoms with Crippen LogP contribution in [0.2, 0.25) is 0 Å². The van der Waals surface area contributed by atoms with Crippen molar-refractivity contribution in [3.63, 3.8) is 0 Å². The number of nitrogens with one attached hydrogen (secondary N) is 1. The highest BCUT2D eigenvalue weighted by atomic mass is 79.9. The second kappa shape index (κ2) is 7.01. The van der Waals surface area contributed by atoms with Gasteiger partial charge in [0, 0.05) is 27.5 Å². The number of hydrogen-bond acceptors (Lipinski definition) is 6. The zero-order valence-electron chi connectivity index (χ0n) is 13.5. The van der Waals surface area contributed by atoms with Gasteiger partial charge in [0.05, 0.1) is 16.0 Å². The molecule has 27 heavy (non-hydrogen) atoms. The molecular weight excluding hydrogens is 435 g/mol. The summed E-state index contributed by atoms with van der Waals surface area (Å²) >= 11 is 4.84. The van der Waals surface area contributed by atoms with Crippen LogP contribution in [0.5, 0.6) is 0 Å². The molecule has 134 valence electrons. The number of nitro benzene ring substituents is 1. The molecule has 0 saturated carbocycles. The van der Waals surface area contributed by atoms with Crippen LogP contribution in [0.25, 0.3) is 21.3 Å². The zero-order valence-corrected chi connectivity index (χ0v) is 15.9. The molecule has 0 fully saturated rings. The molecule has 0 amide bonds. The number of non-ortho nitro benzene ring substituents is 1. The molecule has 0 aliphatic carbocycles. The van der Waals surface area contributed by atoms with Crippen molar-refractivity contribution in [2.75, 3.05) is 5.32 Å². The monoisotopic (exact) mass is 444 g/mol. The number of aromatic nitrogens is 2. The Hall–Kier alpha value is -2.91. The third kappa shape index (κ3) is 3.38. The minimum Gasteiger partial charge on any atom is -0.338 e. The van der Waals surface area contributed by atoms with E-state index in [1.165, 1.54) is 41.9 Å². The summed E-state index contributed by atoms with van der Waals surface area (Å²) in [4.78, 5) is 20.0. The molecule has 0 spiro atoms. The fourth-order valence-corrected chi connectivity index (χ4v) is 3.92. The van der Waals surface area contributed by atoms with Crippen molar-refractivity contribution in [2.45, 2.75) is 0 Å². The van der Waals surface area contributed by atoms with Crippen LogP contribution in [0.3, 0.4) is 0 Å². The first-order valence-corrected chi connectivity index (χ1v) is 9.39. The van der Waals surface area contributed by atoms with Crippen molar-refractivity contribution < 1.29 is 9.31 Å². The molecular formula is C18H10BrFN4O2S. The maximum absolute atomic E-state index is 13.3. The van der Waals surface area contributed by atoms with E-state index in [0.717, 1.165) is 21.3 Å². The van der Waals surface area contributed by atoms with Crippen molar-refractivity contribution in [1.29, 1.82) is 0 Å². The van der Waals surface area contributed by atoms with Crippen molar-refractivity contribution in [1.82, 2.24) is 9.97 Å². The van der Waals surface area contributed by atoms with Gasteiger partial charge in [0.2, 0.25) is 0 Å². The Balaban J connectivity index is 1.83. The Morgan fingerprint density at radius 1 is 1.15 bits per heavy atom. The van der Waals surface area contributed by atoms with E-state index in [2.05, 4.69) is 31.2 Å². The molecule has 2 aromatic heterocycles. The predicted octanol–water partition coefficient (Wildman–Crippen LogP) is 5.91. The van der Waals surface area contributed by atoms with Gasteiger partial charge in [0.25, 0.3) is 5.69 Å². The van der Waals surface area contributed by atoms with Crippen LogP contribution >= 0.6 is 27.3 Å². The van der Waals surface area contributed by atoms with E-state index in [1.807, 2.05) is 5.38 Å². The summed E-state index contributed by atoms with van der Waals surface area (Å²) in [7, 11) is 0. The number of fused-ring (bicyclic) bond motifs is 1. The van der Waals surface area contributed by atoms with Crippen molar-refractivity contribution in [3.8, 4) is 11.1 Å². The number of hydrogen-bond donors (Lipinski definition) is 1. The van der Waals surface area contributed by atoms with Gasteiger partial charge < -0.3 is 5.32 Å². The first-order valence-electron chi connectivity index (χ1n) is 7.72. The number of rotatable bonds is 4. The van der Waals surface area contributed by atoms with Crippen LogP contribution in [0.4, 0.5) is 21.6 Å². The number of nitrogens with zero attached hydrogens (tertiary/aromatic N) is 3. The molecule has 0 radical (unpaired) electrons. The Labute approximate surface area is 165 Å². The lowest BCUT2D eigenvalue weighted by molar-refractivity contribution is -0.384. The molecule has 0 aliphatic heterocycles. The van der Waals surface area contributed by atoms with Gasteiger partial charge in [-0.05, 0) is 39.7 Å². The highest BCUT2D eigenvalue weighted by Crippen LogP contribution is 2.38. The second-order valence-electron chi connectivity index (χ2n) is 5.60. The first kappa shape index (κ1) is 17.5. The van der Waals surface area contributed by atoms with Gasteiger partial charge in [-0.25, -0.2) is 14.4 Å². The highest BCUT2D eigenvalue weighted by molar-refractivity contribution is 9.10. The molecule has 0 aliphatic rings. The van der Waals surface area contributed by atoms with Gasteiger partial charge in [0.1, 0.15) is 22.8 Å². The van der Waals surface area contributed by atoms with E-state index < -0.39 is 4.92 Å². The van der Waals surface area contributed by atoms with E-state index >= 15 is 0 Å². The van der Waals surface area contributed by atoms with Crippen molar-refractivity contribution >= 4 is 54.7 Å². The third-order valence-corrected chi connectivity index (χ3v) is 5.52. The SMILES string of the molecule is O=[N+]([O-])c1ccc(Br)c(Nc2ncnc3scc(-c4ccc(F)cc4)c23)c1. The molecule has 1 N–H and O–H groups in total. The summed E-state index contributed by atoms with van der Waals surface area (Å²) in [6, 6.07) is 10.6. The zero-order chi connectivity index (χ0) is 19.0. The molecule has 2 heterocycles. The summed E-state index contributed by atoms with van der Waals surface area (Å²) < 4.78 is 13.9. The van der Waals surface area contributed by atoms with Crippen molar-refractivity contribution in [2.24, 2.45) is 0 Å². The van der Waals surface area contributed by atoms with Crippen molar-refractivity contribution in [3.05, 3.63) is 74.6 Å². The molecule has 2 aromatic carbocycles. The smallest absolute Gasteiger partial charge is 0.271 e. The van der Waals surface area contributed by atoms with Gasteiger partial charge >= 0.3 is 0 Å². The Kier molecular flexibility index (Phi) is 4.54. The van der Waals surface area contributed by atoms with Gasteiger partial charge in [0.15, 0.2) is 0 Å². The topological polar surface area (TPSA) is 81.0 Å². The largest absolute Gasteiger partial charge is 0.338 e. The quantitative estimate of drug-likeness (QED) is 0.312. The normalized spacial score (nSPS) is 10.9. The van der Waals surface area contributed by atoms with Gasteiger partial charge in [-0.1, -0.05) is 12.1 Å². The average Bonchev–Trinajstić information content (AvgIpc) is 3.09. The van der Waals surface area contributed by atoms with E-state index in [0.29, 0.717) is 16.0 Å². The number of benzene rings is 2. The van der Waals surface area contributed by atoms with Crippen LogP contribution in [0, 0.1) is 15.9 Å². The summed E-state index contributed by atoms with van der Waals surface area (Å²) in [5.41, 5.74) is 2.17. The Bertz CT molecular complexity index is 1160. The number of halogens is 2. The highest BCUT2D eigenvalue weighted by Gasteiger charge is 2.16. The van der Waals surface area contributed by atoms with E-state index in [1.54, 1.807) is 18.2 Å². The van der Waals surface area contributed by atoms with Crippen LogP contribution < -0.4 is 5.32 Å². The number of nitro groups is 1. The fraction of sp³-hybridized carbons (Fsp3) is 0. The number of thiophene rings is 1. The Morgan fingerprint density at radius 3 is 2.67 bits per heavy atom. The lowest BCUT2D eigenvalue weighted by Gasteiger charge is -2.10. The average molecular weight is 445 g/mol. The molecule has 4 aromatic rings. The van der Waals surface area contributed by atoms with Crippen LogP contribution in [-0.4, -0.2) is 14.9 Å².